The van der Waals surface area contributed by atoms with Crippen LogP contribution >= 0.6 is 0 Å². The van der Waals surface area contributed by atoms with Crippen LogP contribution < -0.4 is 36.3 Å². The van der Waals surface area contributed by atoms with Gasteiger partial charge in [-0.15, -0.1) is 0 Å². The first-order valence-corrected chi connectivity index (χ1v) is 25.7. The smallest absolute Gasteiger partial charge is 0.179 e. The van der Waals surface area contributed by atoms with E-state index in [1.165, 1.54) is 74.6 Å². The van der Waals surface area contributed by atoms with Gasteiger partial charge in [0.05, 0.1) is 11.0 Å². The first-order chi connectivity index (χ1) is 29.9. The molecule has 1 nitrogen and oxygen atoms in total. The average Bonchev–Trinajstić information content (AvgIpc) is 3.65. The molecule has 0 unspecified atom stereocenters. The van der Waals surface area contributed by atoms with Crippen LogP contribution in [0.5, 0.6) is 0 Å². The van der Waals surface area contributed by atoms with E-state index >= 15 is 0 Å². The van der Waals surface area contributed by atoms with Crippen LogP contribution in [0.1, 0.15) is 39.2 Å². The maximum absolute atomic E-state index is 2.80. The summed E-state index contributed by atoms with van der Waals surface area (Å²) >= 11 is 0. The van der Waals surface area contributed by atoms with E-state index < -0.39 is 16.1 Å². The van der Waals surface area contributed by atoms with Crippen molar-refractivity contribution in [2.75, 3.05) is 0 Å². The highest BCUT2D eigenvalue weighted by Gasteiger charge is 2.44. The molecule has 296 valence electrons. The predicted molar refractivity (Wildman–Crippen MR) is 267 cm³/mol. The number of rotatable bonds is 9. The minimum Gasteiger partial charge on any atom is -0.309 e. The van der Waals surface area contributed by atoms with Gasteiger partial charge in [-0.25, -0.2) is 0 Å². The van der Waals surface area contributed by atoms with Gasteiger partial charge >= 0.3 is 0 Å². The lowest BCUT2D eigenvalue weighted by atomic mass is 9.87. The first kappa shape index (κ1) is 38.7. The molecule has 0 bridgehead atoms. The minimum absolute atomic E-state index is 0.0640. The number of benzene rings is 8. The van der Waals surface area contributed by atoms with Crippen molar-refractivity contribution in [3.8, 4) is 5.69 Å². The van der Waals surface area contributed by atoms with Gasteiger partial charge < -0.3 is 4.57 Å². The number of hydrogen-bond donors (Lipinski definition) is 0. The molecule has 0 atom stereocenters. The van der Waals surface area contributed by atoms with Gasteiger partial charge in [0.15, 0.2) is 16.1 Å². The van der Waals surface area contributed by atoms with E-state index in [2.05, 4.69) is 256 Å². The summed E-state index contributed by atoms with van der Waals surface area (Å²) in [6, 6.07) is 80.9. The van der Waals surface area contributed by atoms with Crippen LogP contribution in [-0.2, 0) is 5.41 Å². The summed E-state index contributed by atoms with van der Waals surface area (Å²) in [5.41, 5.74) is 5.03. The number of hydrogen-bond acceptors (Lipinski definition) is 0. The molecule has 61 heavy (non-hydrogen) atoms. The molecule has 0 aliphatic heterocycles. The third-order valence-electron chi connectivity index (χ3n) is 13.1. The van der Waals surface area contributed by atoms with Crippen LogP contribution in [0, 0.1) is 0 Å². The standard InChI is InChI=1S/C58H51NSi2/c1-58(2,3)44-34-36-45(37-35-44)59-56-40-38-52(60(46-22-10-4-11-23-46,47-24-12-5-13-25-47)48-26-14-6-15-27-48)42-54(56)55-43-53(39-41-57(55)59)61(49-28-16-7-17-29-49,50-30-18-8-19-31-50)51-32-20-9-21-33-51/h4-8,10-20,22-43H,9,21H2,1-3H3. The van der Waals surface area contributed by atoms with Crippen molar-refractivity contribution in [3.05, 3.63) is 241 Å². The summed E-state index contributed by atoms with van der Waals surface area (Å²) in [4.78, 5) is 0. The summed E-state index contributed by atoms with van der Waals surface area (Å²) in [6.45, 7) is 6.88. The van der Waals surface area contributed by atoms with Gasteiger partial charge in [0.25, 0.3) is 0 Å². The lowest BCUT2D eigenvalue weighted by Gasteiger charge is -2.36. The molecular formula is C58H51NSi2. The molecule has 0 fully saturated rings. The van der Waals surface area contributed by atoms with Gasteiger partial charge in [0.2, 0.25) is 0 Å². The Morgan fingerprint density at radius 1 is 0.393 bits per heavy atom. The van der Waals surface area contributed by atoms with E-state index in [1.807, 2.05) is 0 Å². The fourth-order valence-corrected chi connectivity index (χ4v) is 19.9. The van der Waals surface area contributed by atoms with Crippen LogP contribution in [0.15, 0.2) is 236 Å². The van der Waals surface area contributed by atoms with Crippen LogP contribution in [0.2, 0.25) is 0 Å². The molecule has 1 aliphatic carbocycles. The molecule has 3 heteroatoms. The molecule has 1 aliphatic rings. The largest absolute Gasteiger partial charge is 0.309 e. The Kier molecular flexibility index (Phi) is 10.0. The molecule has 9 aromatic rings. The quantitative estimate of drug-likeness (QED) is 0.101. The second-order valence-electron chi connectivity index (χ2n) is 17.6. The van der Waals surface area contributed by atoms with Gasteiger partial charge in [-0.1, -0.05) is 227 Å². The lowest BCUT2D eigenvalue weighted by Crippen LogP contribution is -2.74. The molecule has 10 rings (SSSR count). The fraction of sp³-hybridized carbons (Fsp3) is 0.103. The van der Waals surface area contributed by atoms with Crippen molar-refractivity contribution in [2.24, 2.45) is 0 Å². The van der Waals surface area contributed by atoms with Crippen LogP contribution in [0.25, 0.3) is 27.5 Å². The zero-order valence-corrected chi connectivity index (χ0v) is 37.3. The Morgan fingerprint density at radius 2 is 0.787 bits per heavy atom. The second kappa shape index (κ2) is 15.8. The van der Waals surface area contributed by atoms with Crippen molar-refractivity contribution >= 4 is 74.3 Å². The van der Waals surface area contributed by atoms with E-state index in [4.69, 9.17) is 0 Å². The molecule has 0 saturated heterocycles. The third-order valence-corrected chi connectivity index (χ3v) is 22.7. The number of aromatic nitrogens is 1. The second-order valence-corrected chi connectivity index (χ2v) is 25.2. The number of allylic oxidation sites excluding steroid dienone is 4. The highest BCUT2D eigenvalue weighted by molar-refractivity contribution is 7.20. The zero-order valence-electron chi connectivity index (χ0n) is 35.3. The molecule has 0 radical (unpaired) electrons. The molecule has 0 saturated carbocycles. The van der Waals surface area contributed by atoms with E-state index in [9.17, 15) is 0 Å². The van der Waals surface area contributed by atoms with Crippen molar-refractivity contribution in [3.63, 3.8) is 0 Å². The molecular weight excluding hydrogens is 767 g/mol. The number of nitrogens with zero attached hydrogens (tertiary/aromatic N) is 1. The topological polar surface area (TPSA) is 4.93 Å². The van der Waals surface area contributed by atoms with Crippen molar-refractivity contribution in [2.45, 2.75) is 39.0 Å². The normalized spacial score (nSPS) is 13.4. The highest BCUT2D eigenvalue weighted by atomic mass is 28.3. The zero-order chi connectivity index (χ0) is 41.4. The van der Waals surface area contributed by atoms with Crippen LogP contribution in [-0.4, -0.2) is 20.7 Å². The Morgan fingerprint density at radius 3 is 1.16 bits per heavy atom. The van der Waals surface area contributed by atoms with E-state index in [-0.39, 0.29) is 5.41 Å². The molecule has 0 spiro atoms. The van der Waals surface area contributed by atoms with Gasteiger partial charge in [0.1, 0.15) is 0 Å². The average molecular weight is 818 g/mol. The summed E-state index contributed by atoms with van der Waals surface area (Å²) in [7, 11) is -5.56. The fourth-order valence-electron chi connectivity index (χ4n) is 10.2. The third kappa shape index (κ3) is 6.51. The lowest BCUT2D eigenvalue weighted by molar-refractivity contribution is 0.590. The number of fused-ring (bicyclic) bond motifs is 3. The van der Waals surface area contributed by atoms with Crippen LogP contribution in [0.3, 0.4) is 0 Å². The predicted octanol–water partition coefficient (Wildman–Crippen LogP) is 9.74. The molecule has 0 amide bonds. The van der Waals surface area contributed by atoms with E-state index in [1.54, 1.807) is 0 Å². The first-order valence-electron chi connectivity index (χ1n) is 21.7. The van der Waals surface area contributed by atoms with Crippen molar-refractivity contribution < 1.29 is 0 Å². The Hall–Kier alpha value is -6.53. The Labute approximate surface area is 363 Å². The summed E-state index contributed by atoms with van der Waals surface area (Å²) in [5.74, 6) is 0. The van der Waals surface area contributed by atoms with E-state index in [0.717, 1.165) is 12.8 Å². The van der Waals surface area contributed by atoms with Crippen molar-refractivity contribution in [1.29, 1.82) is 0 Å². The maximum atomic E-state index is 2.59. The Bertz CT molecular complexity index is 2880. The molecule has 8 aromatic carbocycles. The van der Waals surface area contributed by atoms with Gasteiger partial charge in [-0.05, 0) is 89.6 Å². The summed E-state index contributed by atoms with van der Waals surface area (Å²) in [6.07, 6.45) is 9.51. The van der Waals surface area contributed by atoms with E-state index in [0.29, 0.717) is 0 Å². The molecule has 1 heterocycles. The monoisotopic (exact) mass is 817 g/mol. The summed E-state index contributed by atoms with van der Waals surface area (Å²) < 4.78 is 2.51. The summed E-state index contributed by atoms with van der Waals surface area (Å²) in [5, 5.41) is 13.8. The molecule has 0 N–H and O–H groups in total. The molecule has 1 aromatic heterocycles. The SMILES string of the molecule is CC(C)(C)c1ccc(-n2c3ccc([Si](C4=CCCC=C4)(c4ccccc4)c4ccccc4)cc3c3cc([Si](c4ccccc4)(c4ccccc4)c4ccccc4)ccc32)cc1. The van der Waals surface area contributed by atoms with Gasteiger partial charge in [0, 0.05) is 16.5 Å². The van der Waals surface area contributed by atoms with Crippen molar-refractivity contribution in [1.82, 2.24) is 4.57 Å². The maximum Gasteiger partial charge on any atom is 0.179 e. The highest BCUT2D eigenvalue weighted by Crippen LogP contribution is 2.34. The van der Waals surface area contributed by atoms with Gasteiger partial charge in [-0.2, -0.15) is 0 Å². The van der Waals surface area contributed by atoms with Gasteiger partial charge in [-0.3, -0.25) is 0 Å². The van der Waals surface area contributed by atoms with Crippen LogP contribution in [0.4, 0.5) is 0 Å². The minimum atomic E-state index is -2.80. The Balaban J connectivity index is 1.33.